The molecule has 0 aliphatic rings. The van der Waals surface area contributed by atoms with E-state index in [0.29, 0.717) is 12.3 Å². The van der Waals surface area contributed by atoms with E-state index in [9.17, 15) is 4.39 Å². The predicted molar refractivity (Wildman–Crippen MR) is 55.0 cm³/mol. The molecular formula is C11H16FNO. The van der Waals surface area contributed by atoms with Gasteiger partial charge in [-0.05, 0) is 31.5 Å². The van der Waals surface area contributed by atoms with E-state index in [2.05, 4.69) is 0 Å². The normalized spacial score (nSPS) is 11.4. The smallest absolute Gasteiger partial charge is 0.139 e. The minimum atomic E-state index is -1.31. The second-order valence-electron chi connectivity index (χ2n) is 3.86. The van der Waals surface area contributed by atoms with Gasteiger partial charge in [0, 0.05) is 6.54 Å². The molecule has 0 saturated carbocycles. The predicted octanol–water partition coefficient (Wildman–Crippen LogP) is 2.27. The SMILES string of the molecule is CC(C)(F)COc1cccc(CN)c1. The number of hydrogen-bond acceptors (Lipinski definition) is 2. The quantitative estimate of drug-likeness (QED) is 0.803. The lowest BCUT2D eigenvalue weighted by Crippen LogP contribution is -2.22. The Bertz CT molecular complexity index is 294. The lowest BCUT2D eigenvalue weighted by atomic mass is 10.2. The van der Waals surface area contributed by atoms with Crippen molar-refractivity contribution in [2.45, 2.75) is 26.1 Å². The number of hydrogen-bond donors (Lipinski definition) is 1. The van der Waals surface area contributed by atoms with Gasteiger partial charge in [-0.25, -0.2) is 4.39 Å². The number of rotatable bonds is 4. The van der Waals surface area contributed by atoms with E-state index in [-0.39, 0.29) is 6.61 Å². The maximum Gasteiger partial charge on any atom is 0.139 e. The Morgan fingerprint density at radius 1 is 1.43 bits per heavy atom. The van der Waals surface area contributed by atoms with Crippen LogP contribution in [0.25, 0.3) is 0 Å². The highest BCUT2D eigenvalue weighted by Crippen LogP contribution is 2.16. The van der Waals surface area contributed by atoms with Gasteiger partial charge in [0.25, 0.3) is 0 Å². The monoisotopic (exact) mass is 197 g/mol. The molecule has 2 nitrogen and oxygen atoms in total. The Balaban J connectivity index is 2.59. The van der Waals surface area contributed by atoms with E-state index in [0.717, 1.165) is 5.56 Å². The Hall–Kier alpha value is -1.09. The molecule has 14 heavy (non-hydrogen) atoms. The first-order valence-corrected chi connectivity index (χ1v) is 4.62. The summed E-state index contributed by atoms with van der Waals surface area (Å²) < 4.78 is 18.4. The Morgan fingerprint density at radius 2 is 2.14 bits per heavy atom. The minimum Gasteiger partial charge on any atom is -0.490 e. The molecule has 0 unspecified atom stereocenters. The lowest BCUT2D eigenvalue weighted by molar-refractivity contribution is 0.120. The van der Waals surface area contributed by atoms with Gasteiger partial charge in [0.05, 0.1) is 0 Å². The fraction of sp³-hybridized carbons (Fsp3) is 0.455. The van der Waals surface area contributed by atoms with Crippen molar-refractivity contribution in [3.63, 3.8) is 0 Å². The molecule has 0 saturated heterocycles. The average molecular weight is 197 g/mol. The Labute approximate surface area is 83.9 Å². The van der Waals surface area contributed by atoms with E-state index in [4.69, 9.17) is 10.5 Å². The highest BCUT2D eigenvalue weighted by atomic mass is 19.1. The first-order chi connectivity index (χ1) is 6.51. The molecule has 0 aliphatic carbocycles. The molecule has 0 heterocycles. The molecular weight excluding hydrogens is 181 g/mol. The van der Waals surface area contributed by atoms with Crippen LogP contribution in [0.15, 0.2) is 24.3 Å². The van der Waals surface area contributed by atoms with Gasteiger partial charge in [0.2, 0.25) is 0 Å². The second kappa shape index (κ2) is 4.42. The molecule has 0 spiro atoms. The van der Waals surface area contributed by atoms with Gasteiger partial charge in [-0.15, -0.1) is 0 Å². The van der Waals surface area contributed by atoms with Gasteiger partial charge >= 0.3 is 0 Å². The number of alkyl halides is 1. The molecule has 1 rings (SSSR count). The maximum atomic E-state index is 13.1. The molecule has 1 aromatic rings. The molecule has 0 atom stereocenters. The van der Waals surface area contributed by atoms with Gasteiger partial charge < -0.3 is 10.5 Å². The van der Waals surface area contributed by atoms with Crippen molar-refractivity contribution in [1.82, 2.24) is 0 Å². The second-order valence-corrected chi connectivity index (χ2v) is 3.86. The van der Waals surface area contributed by atoms with Crippen molar-refractivity contribution in [3.8, 4) is 5.75 Å². The maximum absolute atomic E-state index is 13.1. The van der Waals surface area contributed by atoms with E-state index < -0.39 is 5.67 Å². The first-order valence-electron chi connectivity index (χ1n) is 4.62. The minimum absolute atomic E-state index is 0.0566. The summed E-state index contributed by atoms with van der Waals surface area (Å²) in [7, 11) is 0. The van der Waals surface area contributed by atoms with E-state index in [1.54, 1.807) is 6.07 Å². The third-order valence-corrected chi connectivity index (χ3v) is 1.72. The Kier molecular flexibility index (Phi) is 3.47. The van der Waals surface area contributed by atoms with Crippen LogP contribution in [0.2, 0.25) is 0 Å². The third kappa shape index (κ3) is 3.75. The topological polar surface area (TPSA) is 35.2 Å². The summed E-state index contributed by atoms with van der Waals surface area (Å²) in [5, 5.41) is 0. The molecule has 2 N–H and O–H groups in total. The standard InChI is InChI=1S/C11H16FNO/c1-11(2,12)8-14-10-5-3-4-9(6-10)7-13/h3-6H,7-8,13H2,1-2H3. The molecule has 78 valence electrons. The third-order valence-electron chi connectivity index (χ3n) is 1.72. The van der Waals surface area contributed by atoms with Gasteiger partial charge in [0.15, 0.2) is 0 Å². The fourth-order valence-electron chi connectivity index (χ4n) is 1.02. The molecule has 0 amide bonds. The van der Waals surface area contributed by atoms with Crippen molar-refractivity contribution in [1.29, 1.82) is 0 Å². The van der Waals surface area contributed by atoms with Crippen LogP contribution in [-0.2, 0) is 6.54 Å². The van der Waals surface area contributed by atoms with Crippen molar-refractivity contribution < 1.29 is 9.13 Å². The zero-order chi connectivity index (χ0) is 10.6. The van der Waals surface area contributed by atoms with E-state index in [1.165, 1.54) is 13.8 Å². The highest BCUT2D eigenvalue weighted by molar-refractivity contribution is 5.28. The summed E-state index contributed by atoms with van der Waals surface area (Å²) in [6, 6.07) is 7.38. The van der Waals surface area contributed by atoms with Gasteiger partial charge in [0.1, 0.15) is 18.0 Å². The summed E-state index contributed by atoms with van der Waals surface area (Å²) >= 11 is 0. The number of nitrogens with two attached hydrogens (primary N) is 1. The van der Waals surface area contributed by atoms with Crippen molar-refractivity contribution in [2.24, 2.45) is 5.73 Å². The lowest BCUT2D eigenvalue weighted by Gasteiger charge is -2.15. The largest absolute Gasteiger partial charge is 0.490 e. The average Bonchev–Trinajstić information content (AvgIpc) is 2.14. The van der Waals surface area contributed by atoms with Gasteiger partial charge in [-0.2, -0.15) is 0 Å². The molecule has 0 aromatic heterocycles. The van der Waals surface area contributed by atoms with Crippen LogP contribution >= 0.6 is 0 Å². The van der Waals surface area contributed by atoms with Gasteiger partial charge in [-0.3, -0.25) is 0 Å². The molecule has 0 fully saturated rings. The van der Waals surface area contributed by atoms with Crippen molar-refractivity contribution in [2.75, 3.05) is 6.61 Å². The van der Waals surface area contributed by atoms with Crippen LogP contribution < -0.4 is 10.5 Å². The number of ether oxygens (including phenoxy) is 1. The Morgan fingerprint density at radius 3 is 2.71 bits per heavy atom. The summed E-state index contributed by atoms with van der Waals surface area (Å²) in [4.78, 5) is 0. The van der Waals surface area contributed by atoms with E-state index >= 15 is 0 Å². The molecule has 0 aliphatic heterocycles. The van der Waals surface area contributed by atoms with Crippen LogP contribution in [0.5, 0.6) is 5.75 Å². The highest BCUT2D eigenvalue weighted by Gasteiger charge is 2.16. The number of benzene rings is 1. The summed E-state index contributed by atoms with van der Waals surface area (Å²) in [5.74, 6) is 0.665. The molecule has 3 heteroatoms. The summed E-state index contributed by atoms with van der Waals surface area (Å²) in [6.45, 7) is 3.50. The van der Waals surface area contributed by atoms with E-state index in [1.807, 2.05) is 18.2 Å². The molecule has 1 aromatic carbocycles. The van der Waals surface area contributed by atoms with Crippen LogP contribution in [0.4, 0.5) is 4.39 Å². The van der Waals surface area contributed by atoms with Crippen LogP contribution in [0.3, 0.4) is 0 Å². The first kappa shape index (κ1) is 11.0. The summed E-state index contributed by atoms with van der Waals surface area (Å²) in [5.41, 5.74) is 5.15. The van der Waals surface area contributed by atoms with Gasteiger partial charge in [-0.1, -0.05) is 12.1 Å². The molecule has 0 radical (unpaired) electrons. The zero-order valence-electron chi connectivity index (χ0n) is 8.59. The fourth-order valence-corrected chi connectivity index (χ4v) is 1.02. The molecule has 0 bridgehead atoms. The zero-order valence-corrected chi connectivity index (χ0v) is 8.59. The van der Waals surface area contributed by atoms with Crippen LogP contribution in [-0.4, -0.2) is 12.3 Å². The van der Waals surface area contributed by atoms with Crippen LogP contribution in [0.1, 0.15) is 19.4 Å². The number of halogens is 1. The van der Waals surface area contributed by atoms with Crippen molar-refractivity contribution in [3.05, 3.63) is 29.8 Å². The summed E-state index contributed by atoms with van der Waals surface area (Å²) in [6.07, 6.45) is 0. The van der Waals surface area contributed by atoms with Crippen molar-refractivity contribution >= 4 is 0 Å². The van der Waals surface area contributed by atoms with Crippen LogP contribution in [0, 0.1) is 0 Å².